The van der Waals surface area contributed by atoms with Crippen molar-refractivity contribution in [1.29, 1.82) is 0 Å². The summed E-state index contributed by atoms with van der Waals surface area (Å²) >= 11 is 0. The first-order valence-corrected chi connectivity index (χ1v) is 4.70. The minimum absolute atomic E-state index is 0. The van der Waals surface area contributed by atoms with Crippen LogP contribution in [0.3, 0.4) is 0 Å². The van der Waals surface area contributed by atoms with Crippen LogP contribution in [0.2, 0.25) is 0 Å². The SMILES string of the molecule is O=P(O)(O)O.O=P(O)(O)O.[Mg].[Mg].[Mg]. The predicted molar refractivity (Wildman–Crippen MR) is 45.8 cm³/mol. The molecule has 0 amide bonds. The molecule has 0 aromatic heterocycles. The van der Waals surface area contributed by atoms with Crippen molar-refractivity contribution in [3.05, 3.63) is 0 Å². The molecule has 13 heteroatoms. The molecule has 0 aromatic rings. The van der Waals surface area contributed by atoms with Gasteiger partial charge in [-0.2, -0.15) is 0 Å². The fourth-order valence-electron chi connectivity index (χ4n) is 0. The number of rotatable bonds is 0. The lowest BCUT2D eigenvalue weighted by atomic mass is 15.8. The van der Waals surface area contributed by atoms with Gasteiger partial charge in [-0.3, -0.25) is 0 Å². The third kappa shape index (κ3) is 359. The van der Waals surface area contributed by atoms with E-state index in [1.807, 2.05) is 0 Å². The van der Waals surface area contributed by atoms with E-state index in [0.29, 0.717) is 0 Å². The van der Waals surface area contributed by atoms with Gasteiger partial charge in [-0.15, -0.1) is 0 Å². The Kier molecular flexibility index (Phi) is 28.6. The lowest BCUT2D eigenvalue weighted by Gasteiger charge is -1.82. The molecule has 0 aliphatic carbocycles. The van der Waals surface area contributed by atoms with Crippen molar-refractivity contribution in [2.75, 3.05) is 0 Å². The molecule has 6 N–H and O–H groups in total. The fraction of sp³-hybridized carbons (Fsp3) is 0. The van der Waals surface area contributed by atoms with E-state index in [-0.39, 0.29) is 69.2 Å². The Morgan fingerprint density at radius 2 is 0.538 bits per heavy atom. The van der Waals surface area contributed by atoms with Gasteiger partial charge in [0.15, 0.2) is 0 Å². The summed E-state index contributed by atoms with van der Waals surface area (Å²) in [6, 6.07) is 0. The van der Waals surface area contributed by atoms with Crippen LogP contribution in [0.4, 0.5) is 0 Å². The van der Waals surface area contributed by atoms with E-state index in [1.165, 1.54) is 0 Å². The summed E-state index contributed by atoms with van der Waals surface area (Å²) in [6.45, 7) is 0. The molecule has 0 atom stereocenters. The van der Waals surface area contributed by atoms with Gasteiger partial charge < -0.3 is 29.4 Å². The minimum atomic E-state index is -4.64. The van der Waals surface area contributed by atoms with Gasteiger partial charge in [0.1, 0.15) is 0 Å². The second kappa shape index (κ2) is 12.6. The van der Waals surface area contributed by atoms with Gasteiger partial charge in [-0.25, -0.2) is 9.13 Å². The third-order valence-electron chi connectivity index (χ3n) is 0. The van der Waals surface area contributed by atoms with Crippen LogP contribution in [-0.2, 0) is 9.13 Å². The molecule has 0 unspecified atom stereocenters. The van der Waals surface area contributed by atoms with Crippen molar-refractivity contribution in [3.8, 4) is 0 Å². The van der Waals surface area contributed by atoms with E-state index >= 15 is 0 Å². The molecule has 0 saturated heterocycles. The normalized spacial score (nSPS) is 9.08. The molecule has 0 aliphatic heterocycles. The van der Waals surface area contributed by atoms with Gasteiger partial charge in [0, 0.05) is 69.2 Å². The van der Waals surface area contributed by atoms with Crippen LogP contribution in [0.25, 0.3) is 0 Å². The van der Waals surface area contributed by atoms with Crippen molar-refractivity contribution in [1.82, 2.24) is 0 Å². The van der Waals surface area contributed by atoms with E-state index in [0.717, 1.165) is 0 Å². The molecule has 0 fully saturated rings. The molecule has 8 nitrogen and oxygen atoms in total. The second-order valence-electron chi connectivity index (χ2n) is 1.03. The summed E-state index contributed by atoms with van der Waals surface area (Å²) in [6.07, 6.45) is 0. The smallest absolute Gasteiger partial charge is 0.303 e. The summed E-state index contributed by atoms with van der Waals surface area (Å²) in [5.74, 6) is 0. The van der Waals surface area contributed by atoms with Crippen LogP contribution in [0.15, 0.2) is 0 Å². The van der Waals surface area contributed by atoms with E-state index < -0.39 is 15.6 Å². The average molecular weight is 269 g/mol. The largest absolute Gasteiger partial charge is 0.466 e. The van der Waals surface area contributed by atoms with Gasteiger partial charge in [-0.05, 0) is 0 Å². The van der Waals surface area contributed by atoms with E-state index in [1.54, 1.807) is 0 Å². The Morgan fingerprint density at radius 1 is 0.538 bits per heavy atom. The van der Waals surface area contributed by atoms with Gasteiger partial charge in [0.2, 0.25) is 0 Å². The summed E-state index contributed by atoms with van der Waals surface area (Å²) in [5, 5.41) is 0. The maximum atomic E-state index is 8.88. The van der Waals surface area contributed by atoms with Crippen LogP contribution in [0, 0.1) is 0 Å². The molecule has 6 radical (unpaired) electrons. The quantitative estimate of drug-likeness (QED) is 0.201. The van der Waals surface area contributed by atoms with Crippen molar-refractivity contribution in [2.45, 2.75) is 0 Å². The summed E-state index contributed by atoms with van der Waals surface area (Å²) in [7, 11) is -9.28. The topological polar surface area (TPSA) is 156 Å². The Morgan fingerprint density at radius 3 is 0.538 bits per heavy atom. The van der Waals surface area contributed by atoms with Crippen LogP contribution in [0.5, 0.6) is 0 Å². The van der Waals surface area contributed by atoms with Crippen molar-refractivity contribution in [2.24, 2.45) is 0 Å². The molecule has 70 valence electrons. The number of hydrogen-bond acceptors (Lipinski definition) is 2. The Bertz CT molecular complexity index is 130. The van der Waals surface area contributed by atoms with Crippen molar-refractivity contribution < 1.29 is 38.5 Å². The maximum Gasteiger partial charge on any atom is 0.466 e. The molecule has 0 aromatic carbocycles. The number of phosphoric acid groups is 2. The molecule has 13 heavy (non-hydrogen) atoms. The zero-order chi connectivity index (χ0) is 9.00. The molecule has 0 spiro atoms. The van der Waals surface area contributed by atoms with Gasteiger partial charge in [0.05, 0.1) is 0 Å². The molecule has 0 saturated carbocycles. The third-order valence-corrected chi connectivity index (χ3v) is 0. The maximum absolute atomic E-state index is 8.88. The highest BCUT2D eigenvalue weighted by molar-refractivity contribution is 7.45. The lowest BCUT2D eigenvalue weighted by Crippen LogP contribution is -1.66. The zero-order valence-corrected chi connectivity index (χ0v) is 12.5. The molecule has 0 heterocycles. The molecular weight excluding hydrogens is 263 g/mol. The van der Waals surface area contributed by atoms with Crippen LogP contribution < -0.4 is 0 Å². The Balaban J connectivity index is -0.0000000267. The molecule has 0 rings (SSSR count). The lowest BCUT2D eigenvalue weighted by molar-refractivity contribution is 0.272. The van der Waals surface area contributed by atoms with Gasteiger partial charge in [0.25, 0.3) is 0 Å². The van der Waals surface area contributed by atoms with Crippen molar-refractivity contribution in [3.63, 3.8) is 0 Å². The zero-order valence-electron chi connectivity index (χ0n) is 6.52. The Hall–Kier alpha value is 2.52. The first kappa shape index (κ1) is 29.6. The van der Waals surface area contributed by atoms with Crippen molar-refractivity contribution >= 4 is 84.8 Å². The monoisotopic (exact) mass is 268 g/mol. The minimum Gasteiger partial charge on any atom is -0.303 e. The average Bonchev–Trinajstić information content (AvgIpc) is 1.12. The Labute approximate surface area is 122 Å². The molecule has 0 bridgehead atoms. The van der Waals surface area contributed by atoms with Crippen LogP contribution in [-0.4, -0.2) is 98.5 Å². The van der Waals surface area contributed by atoms with E-state index in [2.05, 4.69) is 0 Å². The fourth-order valence-corrected chi connectivity index (χ4v) is 0. The number of hydrogen-bond donors (Lipinski definition) is 6. The summed E-state index contributed by atoms with van der Waals surface area (Å²) in [4.78, 5) is 43.1. The molecule has 0 aliphatic rings. The van der Waals surface area contributed by atoms with Gasteiger partial charge >= 0.3 is 15.6 Å². The highest BCUT2D eigenvalue weighted by Crippen LogP contribution is 2.26. The highest BCUT2D eigenvalue weighted by atomic mass is 31.2. The predicted octanol–water partition coefficient (Wildman–Crippen LogP) is -3.00. The van der Waals surface area contributed by atoms with Gasteiger partial charge in [-0.1, -0.05) is 0 Å². The molecular formula is H6Mg3O8P2. The standard InChI is InChI=1S/3Mg.2H3O4P/c;;;2*1-5(2,3)4/h;;;2*(H3,1,2,3,4). The van der Waals surface area contributed by atoms with E-state index in [4.69, 9.17) is 38.5 Å². The summed E-state index contributed by atoms with van der Waals surface area (Å²) in [5.41, 5.74) is 0. The second-order valence-corrected chi connectivity index (χ2v) is 3.08. The summed E-state index contributed by atoms with van der Waals surface area (Å²) < 4.78 is 17.8. The highest BCUT2D eigenvalue weighted by Gasteiger charge is 2.00. The first-order chi connectivity index (χ1) is 4.00. The van der Waals surface area contributed by atoms with Crippen LogP contribution >= 0.6 is 15.6 Å². The first-order valence-electron chi connectivity index (χ1n) is 1.57. The van der Waals surface area contributed by atoms with E-state index in [9.17, 15) is 0 Å². The van der Waals surface area contributed by atoms with Crippen LogP contribution in [0.1, 0.15) is 0 Å².